The first-order chi connectivity index (χ1) is 10.3. The summed E-state index contributed by atoms with van der Waals surface area (Å²) in [5.74, 6) is 0. The maximum atomic E-state index is 5.92. The summed E-state index contributed by atoms with van der Waals surface area (Å²) in [6.07, 6.45) is 0. The Morgan fingerprint density at radius 1 is 1.10 bits per heavy atom. The van der Waals surface area contributed by atoms with Gasteiger partial charge in [-0.2, -0.15) is 0 Å². The van der Waals surface area contributed by atoms with Crippen molar-refractivity contribution in [2.24, 2.45) is 0 Å². The third-order valence-corrected chi connectivity index (χ3v) is 4.28. The largest absolute Gasteiger partial charge is 0.380 e. The van der Waals surface area contributed by atoms with Crippen LogP contribution in [0.15, 0.2) is 12.1 Å². The van der Waals surface area contributed by atoms with Gasteiger partial charge in [0, 0.05) is 50.8 Å². The highest BCUT2D eigenvalue weighted by Gasteiger charge is 2.05. The average molecular weight is 335 g/mol. The molecule has 0 aliphatic heterocycles. The molecule has 6 heteroatoms. The van der Waals surface area contributed by atoms with Gasteiger partial charge >= 0.3 is 0 Å². The van der Waals surface area contributed by atoms with Gasteiger partial charge in [0.1, 0.15) is 0 Å². The third kappa shape index (κ3) is 9.45. The van der Waals surface area contributed by atoms with Crippen LogP contribution in [0.2, 0.25) is 4.34 Å². The van der Waals surface area contributed by atoms with E-state index >= 15 is 0 Å². The van der Waals surface area contributed by atoms with Crippen LogP contribution in [0.5, 0.6) is 0 Å². The maximum absolute atomic E-state index is 5.92. The molecule has 21 heavy (non-hydrogen) atoms. The van der Waals surface area contributed by atoms with Gasteiger partial charge in [0.25, 0.3) is 0 Å². The molecule has 1 rings (SSSR count). The number of ether oxygens (including phenoxy) is 2. The predicted octanol–water partition coefficient (Wildman–Crippen LogP) is 2.87. The molecule has 0 atom stereocenters. The van der Waals surface area contributed by atoms with E-state index in [9.17, 15) is 0 Å². The van der Waals surface area contributed by atoms with Crippen molar-refractivity contribution in [3.8, 4) is 0 Å². The highest BCUT2D eigenvalue weighted by Crippen LogP contribution is 2.20. The second-order valence-corrected chi connectivity index (χ2v) is 6.42. The molecule has 0 aliphatic carbocycles. The van der Waals surface area contributed by atoms with Crippen LogP contribution in [-0.2, 0) is 16.0 Å². The van der Waals surface area contributed by atoms with Crippen molar-refractivity contribution in [3.05, 3.63) is 21.3 Å². The maximum Gasteiger partial charge on any atom is 0.0931 e. The monoisotopic (exact) mass is 334 g/mol. The topological polar surface area (TPSA) is 33.7 Å². The average Bonchev–Trinajstić information content (AvgIpc) is 2.89. The number of hydrogen-bond donors (Lipinski definition) is 1. The molecule has 1 aromatic rings. The first-order valence-corrected chi connectivity index (χ1v) is 8.78. The smallest absolute Gasteiger partial charge is 0.0931 e. The Balaban J connectivity index is 2.17. The van der Waals surface area contributed by atoms with Crippen molar-refractivity contribution in [1.82, 2.24) is 10.2 Å². The van der Waals surface area contributed by atoms with Gasteiger partial charge in [-0.05, 0) is 26.0 Å². The summed E-state index contributed by atoms with van der Waals surface area (Å²) in [6, 6.07) is 4.02. The summed E-state index contributed by atoms with van der Waals surface area (Å²) in [4.78, 5) is 3.65. The van der Waals surface area contributed by atoms with Crippen molar-refractivity contribution in [1.29, 1.82) is 0 Å². The molecule has 0 saturated carbocycles. The molecule has 0 unspecified atom stereocenters. The summed E-state index contributed by atoms with van der Waals surface area (Å²) in [7, 11) is 0. The minimum Gasteiger partial charge on any atom is -0.380 e. The summed E-state index contributed by atoms with van der Waals surface area (Å²) in [6.45, 7) is 11.9. The van der Waals surface area contributed by atoms with Crippen LogP contribution < -0.4 is 5.32 Å². The van der Waals surface area contributed by atoms with Crippen LogP contribution >= 0.6 is 22.9 Å². The lowest BCUT2D eigenvalue weighted by Crippen LogP contribution is -2.36. The van der Waals surface area contributed by atoms with Crippen molar-refractivity contribution in [3.63, 3.8) is 0 Å². The van der Waals surface area contributed by atoms with Gasteiger partial charge in [-0.25, -0.2) is 0 Å². The fourth-order valence-corrected chi connectivity index (χ4v) is 2.96. The van der Waals surface area contributed by atoms with Gasteiger partial charge in [0.15, 0.2) is 0 Å². The first-order valence-electron chi connectivity index (χ1n) is 7.59. The standard InChI is InChI=1S/C15H27ClN2O2S/c1-3-19-11-9-18(10-12-20-4-2)8-7-17-13-14-5-6-15(16)21-14/h5-6,17H,3-4,7-13H2,1-2H3. The van der Waals surface area contributed by atoms with Crippen molar-refractivity contribution >= 4 is 22.9 Å². The molecule has 122 valence electrons. The van der Waals surface area contributed by atoms with Crippen molar-refractivity contribution in [2.45, 2.75) is 20.4 Å². The molecule has 4 nitrogen and oxygen atoms in total. The van der Waals surface area contributed by atoms with E-state index in [2.05, 4.69) is 16.3 Å². The molecule has 0 spiro atoms. The second kappa shape index (κ2) is 12.4. The number of nitrogens with zero attached hydrogens (tertiary/aromatic N) is 1. The van der Waals surface area contributed by atoms with E-state index in [1.54, 1.807) is 11.3 Å². The minimum absolute atomic E-state index is 0.774. The number of thiophene rings is 1. The van der Waals surface area contributed by atoms with Crippen LogP contribution in [-0.4, -0.2) is 57.5 Å². The lowest BCUT2D eigenvalue weighted by Gasteiger charge is -2.22. The van der Waals surface area contributed by atoms with Gasteiger partial charge in [-0.1, -0.05) is 11.6 Å². The SMILES string of the molecule is CCOCCN(CCNCc1ccc(Cl)s1)CCOCC. The Labute approximate surface area is 137 Å². The Bertz CT molecular complexity index is 353. The first kappa shape index (κ1) is 18.9. The van der Waals surface area contributed by atoms with Gasteiger partial charge in [-0.3, -0.25) is 4.90 Å². The molecule has 0 fully saturated rings. The minimum atomic E-state index is 0.774. The van der Waals surface area contributed by atoms with E-state index in [0.717, 1.165) is 63.5 Å². The van der Waals surface area contributed by atoms with Crippen LogP contribution in [0.3, 0.4) is 0 Å². The summed E-state index contributed by atoms with van der Waals surface area (Å²) in [5, 5.41) is 3.45. The van der Waals surface area contributed by atoms with Gasteiger partial charge in [0.2, 0.25) is 0 Å². The third-order valence-electron chi connectivity index (χ3n) is 3.04. The number of rotatable bonds is 13. The van der Waals surface area contributed by atoms with E-state index in [0.29, 0.717) is 0 Å². The van der Waals surface area contributed by atoms with E-state index < -0.39 is 0 Å². The molecule has 0 aliphatic rings. The molecule has 0 aromatic carbocycles. The van der Waals surface area contributed by atoms with E-state index in [1.807, 2.05) is 19.9 Å². The van der Waals surface area contributed by atoms with E-state index in [1.165, 1.54) is 4.88 Å². The number of halogens is 1. The predicted molar refractivity (Wildman–Crippen MR) is 90.5 cm³/mol. The van der Waals surface area contributed by atoms with Crippen LogP contribution in [0, 0.1) is 0 Å². The van der Waals surface area contributed by atoms with Crippen molar-refractivity contribution in [2.75, 3.05) is 52.6 Å². The Morgan fingerprint density at radius 2 is 1.76 bits per heavy atom. The quantitative estimate of drug-likeness (QED) is 0.562. The molecule has 0 saturated heterocycles. The van der Waals surface area contributed by atoms with Gasteiger partial charge in [-0.15, -0.1) is 11.3 Å². The zero-order chi connectivity index (χ0) is 15.3. The summed E-state index contributed by atoms with van der Waals surface area (Å²) < 4.78 is 11.7. The summed E-state index contributed by atoms with van der Waals surface area (Å²) in [5.41, 5.74) is 0. The molecule has 0 amide bonds. The number of hydrogen-bond acceptors (Lipinski definition) is 5. The molecule has 1 aromatic heterocycles. The highest BCUT2D eigenvalue weighted by molar-refractivity contribution is 7.16. The normalized spacial score (nSPS) is 11.4. The second-order valence-electron chi connectivity index (χ2n) is 4.62. The van der Waals surface area contributed by atoms with Gasteiger partial charge < -0.3 is 14.8 Å². The zero-order valence-corrected chi connectivity index (χ0v) is 14.6. The lowest BCUT2D eigenvalue weighted by molar-refractivity contribution is 0.0832. The van der Waals surface area contributed by atoms with E-state index in [4.69, 9.17) is 21.1 Å². The lowest BCUT2D eigenvalue weighted by atomic mass is 10.4. The van der Waals surface area contributed by atoms with Crippen LogP contribution in [0.25, 0.3) is 0 Å². The van der Waals surface area contributed by atoms with Gasteiger partial charge in [0.05, 0.1) is 17.6 Å². The number of nitrogens with one attached hydrogen (secondary N) is 1. The van der Waals surface area contributed by atoms with Crippen LogP contribution in [0.4, 0.5) is 0 Å². The fraction of sp³-hybridized carbons (Fsp3) is 0.733. The molecule has 0 bridgehead atoms. The molecule has 1 N–H and O–H groups in total. The van der Waals surface area contributed by atoms with Crippen LogP contribution in [0.1, 0.15) is 18.7 Å². The Morgan fingerprint density at radius 3 is 2.29 bits per heavy atom. The molecule has 1 heterocycles. The Hall–Kier alpha value is -0.170. The molecular formula is C15H27ClN2O2S. The van der Waals surface area contributed by atoms with E-state index in [-0.39, 0.29) is 0 Å². The van der Waals surface area contributed by atoms with Crippen molar-refractivity contribution < 1.29 is 9.47 Å². The summed E-state index contributed by atoms with van der Waals surface area (Å²) >= 11 is 7.55. The molecular weight excluding hydrogens is 308 g/mol. The highest BCUT2D eigenvalue weighted by atomic mass is 35.5. The fourth-order valence-electron chi connectivity index (χ4n) is 1.91. The molecule has 0 radical (unpaired) electrons. The zero-order valence-electron chi connectivity index (χ0n) is 13.1. The Kier molecular flexibility index (Phi) is 11.1.